The molecule has 1 unspecified atom stereocenters. The number of hydrogen-bond acceptors (Lipinski definition) is 5. The topological polar surface area (TPSA) is 98.5 Å². The molecule has 1 atom stereocenters. The number of hydrogen-bond donors (Lipinski definition) is 1. The van der Waals surface area contributed by atoms with E-state index in [1.54, 1.807) is 0 Å². The van der Waals surface area contributed by atoms with Gasteiger partial charge in [0, 0.05) is 12.1 Å². The molecule has 0 spiro atoms. The Morgan fingerprint density at radius 2 is 1.52 bits per heavy atom. The maximum atomic E-state index is 13.0. The van der Waals surface area contributed by atoms with Crippen molar-refractivity contribution in [1.82, 2.24) is 0 Å². The highest BCUT2D eigenvalue weighted by Crippen LogP contribution is 2.28. The van der Waals surface area contributed by atoms with Crippen LogP contribution in [0.15, 0.2) is 78.9 Å². The van der Waals surface area contributed by atoms with Crippen LogP contribution in [0.3, 0.4) is 0 Å². The molecule has 158 valence electrons. The molecule has 1 N–H and O–H groups in total. The van der Waals surface area contributed by atoms with Crippen LogP contribution in [0.25, 0.3) is 0 Å². The van der Waals surface area contributed by atoms with E-state index in [4.69, 9.17) is 16.3 Å². The molecule has 0 radical (unpaired) electrons. The van der Waals surface area contributed by atoms with Crippen molar-refractivity contribution in [3.63, 3.8) is 0 Å². The van der Waals surface area contributed by atoms with Crippen molar-refractivity contribution in [3.05, 3.63) is 105 Å². The second-order valence-corrected chi connectivity index (χ2v) is 7.15. The maximum Gasteiger partial charge on any atom is 0.318 e. The van der Waals surface area contributed by atoms with Crippen molar-refractivity contribution in [2.24, 2.45) is 0 Å². The van der Waals surface area contributed by atoms with Gasteiger partial charge in [0.1, 0.15) is 5.92 Å². The summed E-state index contributed by atoms with van der Waals surface area (Å²) in [4.78, 5) is 35.8. The van der Waals surface area contributed by atoms with E-state index in [9.17, 15) is 19.7 Å². The lowest BCUT2D eigenvalue weighted by Crippen LogP contribution is -2.32. The summed E-state index contributed by atoms with van der Waals surface area (Å²) in [6.45, 7) is 1.44. The molecule has 0 saturated carbocycles. The van der Waals surface area contributed by atoms with Crippen LogP contribution in [0.2, 0.25) is 5.02 Å². The zero-order valence-electron chi connectivity index (χ0n) is 16.5. The number of rotatable bonds is 7. The molecule has 3 rings (SSSR count). The van der Waals surface area contributed by atoms with Crippen LogP contribution in [0.4, 0.5) is 11.4 Å². The zero-order chi connectivity index (χ0) is 22.4. The predicted molar refractivity (Wildman–Crippen MR) is 117 cm³/mol. The average molecular weight is 439 g/mol. The smallest absolute Gasteiger partial charge is 0.318 e. The number of halogens is 1. The Morgan fingerprint density at radius 1 is 0.968 bits per heavy atom. The summed E-state index contributed by atoms with van der Waals surface area (Å²) in [6, 6.07) is 22.0. The summed E-state index contributed by atoms with van der Waals surface area (Å²) in [5.74, 6) is -1.88. The molecule has 0 aromatic heterocycles. The molecule has 0 fully saturated rings. The number of amides is 1. The van der Waals surface area contributed by atoms with Crippen LogP contribution in [0.5, 0.6) is 0 Å². The van der Waals surface area contributed by atoms with Gasteiger partial charge in [0.15, 0.2) is 6.10 Å². The minimum absolute atomic E-state index is 0.00697. The third-order valence-corrected chi connectivity index (χ3v) is 4.90. The lowest BCUT2D eigenvalue weighted by atomic mass is 9.91. The largest absolute Gasteiger partial charge is 0.452 e. The van der Waals surface area contributed by atoms with E-state index in [-0.39, 0.29) is 16.4 Å². The molecule has 0 aliphatic heterocycles. The first-order valence-corrected chi connectivity index (χ1v) is 9.80. The Labute approximate surface area is 183 Å². The van der Waals surface area contributed by atoms with Crippen molar-refractivity contribution in [3.8, 4) is 0 Å². The average Bonchev–Trinajstić information content (AvgIpc) is 2.76. The van der Waals surface area contributed by atoms with Crippen LogP contribution < -0.4 is 5.32 Å². The normalized spacial score (nSPS) is 11.6. The first kappa shape index (κ1) is 22.0. The van der Waals surface area contributed by atoms with E-state index >= 15 is 0 Å². The van der Waals surface area contributed by atoms with Gasteiger partial charge in [-0.1, -0.05) is 72.3 Å². The minimum Gasteiger partial charge on any atom is -0.452 e. The second kappa shape index (κ2) is 9.86. The van der Waals surface area contributed by atoms with Gasteiger partial charge >= 0.3 is 5.97 Å². The third kappa shape index (κ3) is 5.46. The summed E-state index contributed by atoms with van der Waals surface area (Å²) in [7, 11) is 0. The van der Waals surface area contributed by atoms with Crippen LogP contribution in [-0.4, -0.2) is 22.9 Å². The first-order chi connectivity index (χ1) is 14.9. The molecular weight excluding hydrogens is 420 g/mol. The quantitative estimate of drug-likeness (QED) is 0.319. The lowest BCUT2D eigenvalue weighted by molar-refractivity contribution is -0.384. The van der Waals surface area contributed by atoms with E-state index in [2.05, 4.69) is 5.32 Å². The zero-order valence-corrected chi connectivity index (χ0v) is 17.3. The molecule has 0 saturated heterocycles. The SMILES string of the molecule is CC(OC(=O)C(c1ccccc1)c1ccccc1)C(=O)Nc1ccc([N+](=O)[O-])cc1Cl. The van der Waals surface area contributed by atoms with Gasteiger partial charge in [-0.3, -0.25) is 19.7 Å². The van der Waals surface area contributed by atoms with Gasteiger partial charge in [-0.25, -0.2) is 0 Å². The number of nitrogens with one attached hydrogen (secondary N) is 1. The van der Waals surface area contributed by atoms with Gasteiger partial charge in [-0.15, -0.1) is 0 Å². The number of non-ortho nitro benzene ring substituents is 1. The van der Waals surface area contributed by atoms with E-state index in [1.807, 2.05) is 60.7 Å². The predicted octanol–water partition coefficient (Wildman–Crippen LogP) is 4.95. The lowest BCUT2D eigenvalue weighted by Gasteiger charge is -2.20. The van der Waals surface area contributed by atoms with E-state index in [0.717, 1.165) is 17.2 Å². The fourth-order valence-corrected chi connectivity index (χ4v) is 3.23. The van der Waals surface area contributed by atoms with Gasteiger partial charge < -0.3 is 10.1 Å². The number of nitro groups is 1. The number of nitro benzene ring substituents is 1. The Bertz CT molecular complexity index is 1050. The molecule has 0 bridgehead atoms. The highest BCUT2D eigenvalue weighted by molar-refractivity contribution is 6.34. The Balaban J connectivity index is 1.74. The van der Waals surface area contributed by atoms with Crippen LogP contribution in [0.1, 0.15) is 24.0 Å². The summed E-state index contributed by atoms with van der Waals surface area (Å²) < 4.78 is 5.45. The van der Waals surface area contributed by atoms with Gasteiger partial charge in [0.05, 0.1) is 15.6 Å². The maximum absolute atomic E-state index is 13.0. The monoisotopic (exact) mass is 438 g/mol. The summed E-state index contributed by atoms with van der Waals surface area (Å²) in [5.41, 5.74) is 1.47. The van der Waals surface area contributed by atoms with Gasteiger partial charge in [0.2, 0.25) is 0 Å². The summed E-state index contributed by atoms with van der Waals surface area (Å²) in [5, 5.41) is 13.4. The van der Waals surface area contributed by atoms with Crippen LogP contribution in [-0.2, 0) is 14.3 Å². The molecule has 31 heavy (non-hydrogen) atoms. The molecule has 7 nitrogen and oxygen atoms in total. The van der Waals surface area contributed by atoms with Crippen molar-refractivity contribution in [2.75, 3.05) is 5.32 Å². The highest BCUT2D eigenvalue weighted by atomic mass is 35.5. The van der Waals surface area contributed by atoms with E-state index in [0.29, 0.717) is 0 Å². The molecule has 3 aromatic rings. The van der Waals surface area contributed by atoms with Crippen LogP contribution >= 0.6 is 11.6 Å². The third-order valence-electron chi connectivity index (χ3n) is 4.59. The number of carbonyl (C=O) groups is 2. The number of esters is 1. The summed E-state index contributed by atoms with van der Waals surface area (Å²) in [6.07, 6.45) is -1.12. The number of ether oxygens (including phenoxy) is 1. The molecular formula is C23H19ClN2O5. The second-order valence-electron chi connectivity index (χ2n) is 6.74. The van der Waals surface area contributed by atoms with Gasteiger partial charge in [0.25, 0.3) is 11.6 Å². The molecule has 0 aliphatic carbocycles. The Morgan fingerprint density at radius 3 is 2.00 bits per heavy atom. The number of nitrogens with zero attached hydrogens (tertiary/aromatic N) is 1. The fourth-order valence-electron chi connectivity index (χ4n) is 3.00. The van der Waals surface area contributed by atoms with E-state index < -0.39 is 28.8 Å². The Kier molecular flexibility index (Phi) is 6.99. The molecule has 0 heterocycles. The number of anilines is 1. The van der Waals surface area contributed by atoms with E-state index in [1.165, 1.54) is 19.1 Å². The molecule has 3 aromatic carbocycles. The van der Waals surface area contributed by atoms with Crippen molar-refractivity contribution in [2.45, 2.75) is 18.9 Å². The Hall–Kier alpha value is -3.71. The van der Waals surface area contributed by atoms with Crippen molar-refractivity contribution < 1.29 is 19.2 Å². The van der Waals surface area contributed by atoms with Gasteiger partial charge in [-0.05, 0) is 24.1 Å². The molecule has 1 amide bonds. The summed E-state index contributed by atoms with van der Waals surface area (Å²) >= 11 is 6.01. The number of carbonyl (C=O) groups excluding carboxylic acids is 2. The van der Waals surface area contributed by atoms with Gasteiger partial charge in [-0.2, -0.15) is 0 Å². The fraction of sp³-hybridized carbons (Fsp3) is 0.130. The standard InChI is InChI=1S/C23H19ClN2O5/c1-15(22(27)25-20-13-12-18(26(29)30)14-19(20)24)31-23(28)21(16-8-4-2-5-9-16)17-10-6-3-7-11-17/h2-15,21H,1H3,(H,25,27). The minimum atomic E-state index is -1.12. The highest BCUT2D eigenvalue weighted by Gasteiger charge is 2.28. The molecule has 8 heteroatoms. The first-order valence-electron chi connectivity index (χ1n) is 9.42. The van der Waals surface area contributed by atoms with Crippen molar-refractivity contribution >= 4 is 34.9 Å². The molecule has 0 aliphatic rings. The number of benzene rings is 3. The van der Waals surface area contributed by atoms with Crippen LogP contribution in [0, 0.1) is 10.1 Å². The van der Waals surface area contributed by atoms with Crippen molar-refractivity contribution in [1.29, 1.82) is 0 Å².